The molecule has 0 radical (unpaired) electrons. The Morgan fingerprint density at radius 2 is 2.00 bits per heavy atom. The molecule has 1 rings (SSSR count). The smallest absolute Gasteiger partial charge is 0.251 e. The quantitative estimate of drug-likeness (QED) is 0.861. The van der Waals surface area contributed by atoms with Crippen LogP contribution in [-0.4, -0.2) is 23.2 Å². The number of carbonyl (C=O) groups excluding carboxylic acids is 1. The van der Waals surface area contributed by atoms with Crippen molar-refractivity contribution in [3.05, 3.63) is 34.9 Å². The average molecular weight is 249 g/mol. The van der Waals surface area contributed by atoms with Gasteiger partial charge in [-0.25, -0.2) is 0 Å². The first-order valence-electron chi connectivity index (χ1n) is 6.32. The van der Waals surface area contributed by atoms with E-state index in [-0.39, 0.29) is 18.4 Å². The number of hydrogen-bond acceptors (Lipinski definition) is 2. The van der Waals surface area contributed by atoms with Gasteiger partial charge in [0.05, 0.1) is 5.60 Å². The summed E-state index contributed by atoms with van der Waals surface area (Å²) in [5, 5.41) is 12.9. The number of hydrogen-bond donors (Lipinski definition) is 2. The maximum absolute atomic E-state index is 12.1. The molecule has 3 nitrogen and oxygen atoms in total. The van der Waals surface area contributed by atoms with Crippen LogP contribution in [0.3, 0.4) is 0 Å². The molecule has 100 valence electrons. The Morgan fingerprint density at radius 1 is 1.39 bits per heavy atom. The third kappa shape index (κ3) is 3.57. The molecule has 1 amide bonds. The van der Waals surface area contributed by atoms with E-state index in [0.29, 0.717) is 5.56 Å². The molecule has 1 aromatic rings. The van der Waals surface area contributed by atoms with Crippen LogP contribution in [0.1, 0.15) is 42.3 Å². The zero-order valence-corrected chi connectivity index (χ0v) is 11.9. The topological polar surface area (TPSA) is 49.3 Å². The second-order valence-corrected chi connectivity index (χ2v) is 5.51. The van der Waals surface area contributed by atoms with Gasteiger partial charge in [-0.15, -0.1) is 0 Å². The number of benzene rings is 1. The SMILES string of the molecule is Cc1ccc(C)c(C(=O)NCC(C)(O)C(C)C)c1. The van der Waals surface area contributed by atoms with Crippen LogP contribution in [0.5, 0.6) is 0 Å². The second-order valence-electron chi connectivity index (χ2n) is 5.51. The Morgan fingerprint density at radius 3 is 2.56 bits per heavy atom. The van der Waals surface area contributed by atoms with E-state index < -0.39 is 5.60 Å². The third-order valence-electron chi connectivity index (χ3n) is 3.49. The number of amides is 1. The van der Waals surface area contributed by atoms with Gasteiger partial charge in [-0.1, -0.05) is 31.5 Å². The van der Waals surface area contributed by atoms with Crippen molar-refractivity contribution in [2.75, 3.05) is 6.54 Å². The van der Waals surface area contributed by atoms with Gasteiger partial charge in [0.25, 0.3) is 5.91 Å². The minimum atomic E-state index is -0.882. The predicted octanol–water partition coefficient (Wildman–Crippen LogP) is 2.44. The summed E-state index contributed by atoms with van der Waals surface area (Å²) in [6.45, 7) is 9.74. The highest BCUT2D eigenvalue weighted by Gasteiger charge is 2.25. The molecule has 0 fully saturated rings. The van der Waals surface area contributed by atoms with Crippen LogP contribution in [0.4, 0.5) is 0 Å². The molecule has 1 unspecified atom stereocenters. The van der Waals surface area contributed by atoms with Gasteiger partial charge in [-0.2, -0.15) is 0 Å². The highest BCUT2D eigenvalue weighted by atomic mass is 16.3. The van der Waals surface area contributed by atoms with Crippen molar-refractivity contribution >= 4 is 5.91 Å². The highest BCUT2D eigenvalue weighted by Crippen LogP contribution is 2.15. The molecule has 0 heterocycles. The average Bonchev–Trinajstić information content (AvgIpc) is 2.29. The first kappa shape index (κ1) is 14.7. The van der Waals surface area contributed by atoms with Crippen molar-refractivity contribution in [1.29, 1.82) is 0 Å². The van der Waals surface area contributed by atoms with Gasteiger partial charge in [0.1, 0.15) is 0 Å². The molecule has 0 aliphatic carbocycles. The number of rotatable bonds is 4. The van der Waals surface area contributed by atoms with Crippen LogP contribution in [0, 0.1) is 19.8 Å². The molecule has 0 spiro atoms. The summed E-state index contributed by atoms with van der Waals surface area (Å²) in [7, 11) is 0. The van der Waals surface area contributed by atoms with Crippen LogP contribution >= 0.6 is 0 Å². The lowest BCUT2D eigenvalue weighted by Crippen LogP contribution is -2.44. The lowest BCUT2D eigenvalue weighted by Gasteiger charge is -2.27. The van der Waals surface area contributed by atoms with Crippen LogP contribution in [-0.2, 0) is 0 Å². The zero-order chi connectivity index (χ0) is 13.9. The minimum absolute atomic E-state index is 0.0939. The standard InChI is InChI=1S/C15H23NO2/c1-10(2)15(5,18)9-16-14(17)13-8-11(3)6-7-12(13)4/h6-8,10,18H,9H2,1-5H3,(H,16,17). The van der Waals surface area contributed by atoms with Gasteiger partial charge in [0, 0.05) is 12.1 Å². The fourth-order valence-corrected chi connectivity index (χ4v) is 1.54. The summed E-state index contributed by atoms with van der Waals surface area (Å²) in [4.78, 5) is 12.1. The predicted molar refractivity (Wildman–Crippen MR) is 73.7 cm³/mol. The molecule has 0 saturated heterocycles. The third-order valence-corrected chi connectivity index (χ3v) is 3.49. The molecule has 1 aromatic carbocycles. The maximum atomic E-state index is 12.1. The molecule has 1 atom stereocenters. The summed E-state index contributed by atoms with van der Waals surface area (Å²) < 4.78 is 0. The van der Waals surface area contributed by atoms with Crippen molar-refractivity contribution in [3.8, 4) is 0 Å². The number of carbonyl (C=O) groups is 1. The summed E-state index contributed by atoms with van der Waals surface area (Å²) in [6.07, 6.45) is 0. The molecule has 0 aliphatic heterocycles. The first-order valence-corrected chi connectivity index (χ1v) is 6.32. The molecule has 0 aromatic heterocycles. The van der Waals surface area contributed by atoms with E-state index in [1.165, 1.54) is 0 Å². The minimum Gasteiger partial charge on any atom is -0.388 e. The lowest BCUT2D eigenvalue weighted by molar-refractivity contribution is 0.0142. The normalized spacial score (nSPS) is 14.4. The van der Waals surface area contributed by atoms with Crippen molar-refractivity contribution in [3.63, 3.8) is 0 Å². The second kappa shape index (κ2) is 5.53. The largest absolute Gasteiger partial charge is 0.388 e. The number of aliphatic hydroxyl groups is 1. The first-order chi connectivity index (χ1) is 8.24. The number of aryl methyl sites for hydroxylation is 2. The van der Waals surface area contributed by atoms with Crippen LogP contribution < -0.4 is 5.32 Å². The van der Waals surface area contributed by atoms with E-state index in [4.69, 9.17) is 0 Å². The monoisotopic (exact) mass is 249 g/mol. The Balaban J connectivity index is 2.75. The van der Waals surface area contributed by atoms with Gasteiger partial charge in [0.2, 0.25) is 0 Å². The van der Waals surface area contributed by atoms with Crippen molar-refractivity contribution in [1.82, 2.24) is 5.32 Å². The van der Waals surface area contributed by atoms with E-state index in [1.54, 1.807) is 6.92 Å². The van der Waals surface area contributed by atoms with Crippen LogP contribution in [0.2, 0.25) is 0 Å². The van der Waals surface area contributed by atoms with Gasteiger partial charge in [-0.3, -0.25) is 4.79 Å². The van der Waals surface area contributed by atoms with E-state index in [9.17, 15) is 9.90 Å². The number of nitrogens with one attached hydrogen (secondary N) is 1. The fourth-order valence-electron chi connectivity index (χ4n) is 1.54. The summed E-state index contributed by atoms with van der Waals surface area (Å²) in [5.74, 6) is -0.0338. The maximum Gasteiger partial charge on any atom is 0.251 e. The van der Waals surface area contributed by atoms with Gasteiger partial charge in [-0.05, 0) is 38.3 Å². The van der Waals surface area contributed by atoms with Crippen molar-refractivity contribution < 1.29 is 9.90 Å². The highest BCUT2D eigenvalue weighted by molar-refractivity contribution is 5.95. The molecule has 18 heavy (non-hydrogen) atoms. The molecule has 0 saturated carbocycles. The van der Waals surface area contributed by atoms with Gasteiger partial charge < -0.3 is 10.4 Å². The van der Waals surface area contributed by atoms with Gasteiger partial charge >= 0.3 is 0 Å². The lowest BCUT2D eigenvalue weighted by atomic mass is 9.92. The van der Waals surface area contributed by atoms with Gasteiger partial charge in [0.15, 0.2) is 0 Å². The Labute approximate surface area is 109 Å². The molecule has 3 heteroatoms. The molecule has 0 aliphatic rings. The van der Waals surface area contributed by atoms with Crippen molar-refractivity contribution in [2.45, 2.75) is 40.2 Å². The molecule has 2 N–H and O–H groups in total. The Bertz CT molecular complexity index is 436. The summed E-state index contributed by atoms with van der Waals surface area (Å²) in [5.41, 5.74) is 1.80. The van der Waals surface area contributed by atoms with E-state index in [1.807, 2.05) is 45.9 Å². The van der Waals surface area contributed by atoms with Crippen LogP contribution in [0.15, 0.2) is 18.2 Å². The molecular weight excluding hydrogens is 226 g/mol. The van der Waals surface area contributed by atoms with E-state index in [0.717, 1.165) is 11.1 Å². The zero-order valence-electron chi connectivity index (χ0n) is 11.9. The Hall–Kier alpha value is -1.35. The molecule has 0 bridgehead atoms. The Kier molecular flexibility index (Phi) is 4.52. The fraction of sp³-hybridized carbons (Fsp3) is 0.533. The van der Waals surface area contributed by atoms with Crippen molar-refractivity contribution in [2.24, 2.45) is 5.92 Å². The molecular formula is C15H23NO2. The van der Waals surface area contributed by atoms with E-state index >= 15 is 0 Å². The van der Waals surface area contributed by atoms with Crippen LogP contribution in [0.25, 0.3) is 0 Å². The summed E-state index contributed by atoms with van der Waals surface area (Å²) >= 11 is 0. The summed E-state index contributed by atoms with van der Waals surface area (Å²) in [6, 6.07) is 5.79. The van der Waals surface area contributed by atoms with E-state index in [2.05, 4.69) is 5.32 Å².